The Morgan fingerprint density at radius 1 is 1.39 bits per heavy atom. The Kier molecular flexibility index (Phi) is 2.62. The van der Waals surface area contributed by atoms with E-state index in [-0.39, 0.29) is 17.7 Å². The van der Waals surface area contributed by atoms with Crippen molar-refractivity contribution in [3.63, 3.8) is 0 Å². The third-order valence-electron chi connectivity index (χ3n) is 2.96. The lowest BCUT2D eigenvalue weighted by molar-refractivity contribution is -0.134. The maximum Gasteiger partial charge on any atom is 0.235 e. The van der Waals surface area contributed by atoms with Gasteiger partial charge in [0.05, 0.1) is 11.6 Å². The Balaban J connectivity index is 2.08. The normalized spacial score (nSPS) is 20.2. The van der Waals surface area contributed by atoms with E-state index in [1.165, 1.54) is 0 Å². The van der Waals surface area contributed by atoms with Gasteiger partial charge in [0.1, 0.15) is 0 Å². The quantitative estimate of drug-likeness (QED) is 0.798. The zero-order valence-electron chi connectivity index (χ0n) is 9.26. The number of aromatic nitrogens is 3. The SMILES string of the molecule is O=C1CCC(c2cccc3nc(Br)nn23)C(=O)N1. The number of imide groups is 1. The summed E-state index contributed by atoms with van der Waals surface area (Å²) in [7, 11) is 0. The van der Waals surface area contributed by atoms with E-state index in [1.807, 2.05) is 18.2 Å². The van der Waals surface area contributed by atoms with Crippen LogP contribution in [0.25, 0.3) is 5.65 Å². The summed E-state index contributed by atoms with van der Waals surface area (Å²) < 4.78 is 2.10. The lowest BCUT2D eigenvalue weighted by Crippen LogP contribution is -2.40. The van der Waals surface area contributed by atoms with E-state index in [4.69, 9.17) is 0 Å². The molecule has 3 rings (SSSR count). The Labute approximate surface area is 111 Å². The number of carbonyl (C=O) groups is 2. The number of rotatable bonds is 1. The first-order valence-corrected chi connectivity index (χ1v) is 6.29. The van der Waals surface area contributed by atoms with Crippen LogP contribution in [0.5, 0.6) is 0 Å². The Morgan fingerprint density at radius 3 is 3.00 bits per heavy atom. The van der Waals surface area contributed by atoms with Gasteiger partial charge in [0, 0.05) is 6.42 Å². The van der Waals surface area contributed by atoms with E-state index >= 15 is 0 Å². The molecule has 18 heavy (non-hydrogen) atoms. The average Bonchev–Trinajstić information content (AvgIpc) is 2.69. The summed E-state index contributed by atoms with van der Waals surface area (Å²) >= 11 is 3.21. The van der Waals surface area contributed by atoms with Crippen LogP contribution < -0.4 is 5.32 Å². The highest BCUT2D eigenvalue weighted by Gasteiger charge is 2.30. The van der Waals surface area contributed by atoms with Crippen molar-refractivity contribution in [2.75, 3.05) is 0 Å². The van der Waals surface area contributed by atoms with E-state index < -0.39 is 0 Å². The van der Waals surface area contributed by atoms with Crippen molar-refractivity contribution in [3.05, 3.63) is 28.6 Å². The first-order valence-electron chi connectivity index (χ1n) is 5.50. The molecule has 0 saturated carbocycles. The second-order valence-electron chi connectivity index (χ2n) is 4.11. The number of carbonyl (C=O) groups excluding carboxylic acids is 2. The van der Waals surface area contributed by atoms with E-state index in [1.54, 1.807) is 4.52 Å². The number of nitrogens with one attached hydrogen (secondary N) is 1. The van der Waals surface area contributed by atoms with Gasteiger partial charge in [-0.3, -0.25) is 14.9 Å². The van der Waals surface area contributed by atoms with Crippen molar-refractivity contribution in [1.29, 1.82) is 0 Å². The van der Waals surface area contributed by atoms with Crippen LogP contribution in [0.4, 0.5) is 0 Å². The highest BCUT2D eigenvalue weighted by Crippen LogP contribution is 2.25. The summed E-state index contributed by atoms with van der Waals surface area (Å²) in [5.74, 6) is -0.853. The fourth-order valence-corrected chi connectivity index (χ4v) is 2.48. The number of amides is 2. The molecule has 2 aromatic heterocycles. The lowest BCUT2D eigenvalue weighted by Gasteiger charge is -2.21. The molecule has 1 aliphatic rings. The molecule has 2 aromatic rings. The number of hydrogen-bond donors (Lipinski definition) is 1. The molecular formula is C11H9BrN4O2. The van der Waals surface area contributed by atoms with Gasteiger partial charge in [0.2, 0.25) is 16.5 Å². The number of fused-ring (bicyclic) bond motifs is 1. The molecule has 0 radical (unpaired) electrons. The minimum absolute atomic E-state index is 0.219. The van der Waals surface area contributed by atoms with Crippen LogP contribution in [-0.2, 0) is 9.59 Å². The molecule has 0 spiro atoms. The van der Waals surface area contributed by atoms with Crippen LogP contribution in [0.1, 0.15) is 24.5 Å². The molecule has 1 N–H and O–H groups in total. The minimum Gasteiger partial charge on any atom is -0.296 e. The fourth-order valence-electron chi connectivity index (χ4n) is 2.14. The molecule has 7 heteroatoms. The average molecular weight is 309 g/mol. The minimum atomic E-state index is -0.361. The van der Waals surface area contributed by atoms with Gasteiger partial charge in [0.25, 0.3) is 0 Å². The number of halogens is 1. The lowest BCUT2D eigenvalue weighted by atomic mass is 9.94. The monoisotopic (exact) mass is 308 g/mol. The maximum absolute atomic E-state index is 11.9. The van der Waals surface area contributed by atoms with E-state index in [2.05, 4.69) is 31.3 Å². The van der Waals surface area contributed by atoms with Crippen LogP contribution in [0, 0.1) is 0 Å². The van der Waals surface area contributed by atoms with Gasteiger partial charge >= 0.3 is 0 Å². The second kappa shape index (κ2) is 4.16. The molecule has 6 nitrogen and oxygen atoms in total. The summed E-state index contributed by atoms with van der Waals surface area (Å²) in [6.45, 7) is 0. The standard InChI is InChI=1S/C11H9BrN4O2/c12-11-13-8-3-1-2-7(16(8)15-11)6-4-5-9(17)14-10(6)18/h1-3,6H,4-5H2,(H,14,17,18). The van der Waals surface area contributed by atoms with Gasteiger partial charge in [-0.25, -0.2) is 9.50 Å². The molecule has 3 heterocycles. The van der Waals surface area contributed by atoms with Crippen molar-refractivity contribution >= 4 is 33.4 Å². The molecule has 92 valence electrons. The molecular weight excluding hydrogens is 300 g/mol. The first kappa shape index (κ1) is 11.3. The van der Waals surface area contributed by atoms with Crippen molar-refractivity contribution in [3.8, 4) is 0 Å². The Hall–Kier alpha value is -1.76. The fraction of sp³-hybridized carbons (Fsp3) is 0.273. The van der Waals surface area contributed by atoms with Gasteiger partial charge in [-0.05, 0) is 34.5 Å². The van der Waals surface area contributed by atoms with Crippen LogP contribution in [-0.4, -0.2) is 26.4 Å². The van der Waals surface area contributed by atoms with Gasteiger partial charge in [0.15, 0.2) is 5.65 Å². The predicted molar refractivity (Wildman–Crippen MR) is 65.8 cm³/mol. The van der Waals surface area contributed by atoms with E-state index in [9.17, 15) is 9.59 Å². The maximum atomic E-state index is 11.9. The van der Waals surface area contributed by atoms with Crippen molar-refractivity contribution in [2.24, 2.45) is 0 Å². The zero-order chi connectivity index (χ0) is 12.7. The first-order chi connectivity index (χ1) is 8.65. The molecule has 0 bridgehead atoms. The molecule has 1 fully saturated rings. The summed E-state index contributed by atoms with van der Waals surface area (Å²) in [4.78, 5) is 27.2. The number of nitrogens with zero attached hydrogens (tertiary/aromatic N) is 3. The second-order valence-corrected chi connectivity index (χ2v) is 4.81. The smallest absolute Gasteiger partial charge is 0.235 e. The van der Waals surface area contributed by atoms with Crippen molar-refractivity contribution in [2.45, 2.75) is 18.8 Å². The molecule has 1 atom stereocenters. The number of pyridine rings is 1. The molecule has 1 aliphatic heterocycles. The van der Waals surface area contributed by atoms with E-state index in [0.29, 0.717) is 23.2 Å². The van der Waals surface area contributed by atoms with Crippen LogP contribution in [0.15, 0.2) is 22.9 Å². The van der Waals surface area contributed by atoms with Crippen molar-refractivity contribution < 1.29 is 9.59 Å². The third-order valence-corrected chi connectivity index (χ3v) is 3.30. The van der Waals surface area contributed by atoms with Crippen molar-refractivity contribution in [1.82, 2.24) is 19.9 Å². The molecule has 0 aliphatic carbocycles. The molecule has 0 aromatic carbocycles. The van der Waals surface area contributed by atoms with Gasteiger partial charge in [-0.1, -0.05) is 6.07 Å². The number of hydrogen-bond acceptors (Lipinski definition) is 4. The van der Waals surface area contributed by atoms with Gasteiger partial charge in [-0.15, -0.1) is 5.10 Å². The highest BCUT2D eigenvalue weighted by molar-refractivity contribution is 9.10. The molecule has 1 saturated heterocycles. The Morgan fingerprint density at radius 2 is 2.22 bits per heavy atom. The largest absolute Gasteiger partial charge is 0.296 e. The summed E-state index contributed by atoms with van der Waals surface area (Å²) in [6.07, 6.45) is 0.851. The van der Waals surface area contributed by atoms with E-state index in [0.717, 1.165) is 5.69 Å². The summed E-state index contributed by atoms with van der Waals surface area (Å²) in [5.41, 5.74) is 1.42. The summed E-state index contributed by atoms with van der Waals surface area (Å²) in [6, 6.07) is 5.47. The topological polar surface area (TPSA) is 76.4 Å². The van der Waals surface area contributed by atoms with Crippen LogP contribution >= 0.6 is 15.9 Å². The summed E-state index contributed by atoms with van der Waals surface area (Å²) in [5, 5.41) is 6.55. The number of piperidine rings is 1. The highest BCUT2D eigenvalue weighted by atomic mass is 79.9. The molecule has 1 unspecified atom stereocenters. The van der Waals surface area contributed by atoms with Gasteiger partial charge in [-0.2, -0.15) is 0 Å². The predicted octanol–water partition coefficient (Wildman–Crippen LogP) is 1.01. The third kappa shape index (κ3) is 1.80. The Bertz CT molecular complexity index is 652. The zero-order valence-corrected chi connectivity index (χ0v) is 10.8. The van der Waals surface area contributed by atoms with Crippen LogP contribution in [0.3, 0.4) is 0 Å². The molecule has 2 amide bonds. The van der Waals surface area contributed by atoms with Crippen LogP contribution in [0.2, 0.25) is 0 Å². The van der Waals surface area contributed by atoms with Gasteiger partial charge < -0.3 is 0 Å².